The van der Waals surface area contributed by atoms with Gasteiger partial charge in [0.15, 0.2) is 0 Å². The number of nitrogens with zero attached hydrogens (tertiary/aromatic N) is 3. The molecule has 3 aromatic rings. The molecule has 4 rings (SSSR count). The Morgan fingerprint density at radius 3 is 2.69 bits per heavy atom. The van der Waals surface area contributed by atoms with Crippen LogP contribution < -0.4 is 11.1 Å². The molecule has 3 N–H and O–H groups in total. The molecule has 0 aliphatic carbocycles. The summed E-state index contributed by atoms with van der Waals surface area (Å²) in [6.45, 7) is 0. The first-order chi connectivity index (χ1) is 12.7. The maximum atomic E-state index is 12.2. The van der Waals surface area contributed by atoms with Gasteiger partial charge in [0.2, 0.25) is 5.66 Å². The fourth-order valence-corrected chi connectivity index (χ4v) is 4.23. The zero-order valence-corrected chi connectivity index (χ0v) is 15.3. The Morgan fingerprint density at radius 2 is 2.04 bits per heavy atom. The first-order valence-corrected chi connectivity index (χ1v) is 9.62. The second kappa shape index (κ2) is 6.81. The molecule has 1 unspecified atom stereocenters. The number of aliphatic imine (C=N–C) groups is 1. The molecule has 1 aliphatic rings. The van der Waals surface area contributed by atoms with Crippen LogP contribution in [0.5, 0.6) is 0 Å². The summed E-state index contributed by atoms with van der Waals surface area (Å²) in [5, 5.41) is 11.2. The molecule has 3 heterocycles. The van der Waals surface area contributed by atoms with E-state index in [2.05, 4.69) is 14.9 Å². The van der Waals surface area contributed by atoms with Crippen molar-refractivity contribution in [3.63, 3.8) is 0 Å². The second-order valence-electron chi connectivity index (χ2n) is 5.79. The lowest BCUT2D eigenvalue weighted by Crippen LogP contribution is -2.47. The Labute approximate surface area is 158 Å². The summed E-state index contributed by atoms with van der Waals surface area (Å²) >= 11 is 2.77. The zero-order valence-electron chi connectivity index (χ0n) is 13.6. The molecule has 0 radical (unpaired) electrons. The van der Waals surface area contributed by atoms with Crippen molar-refractivity contribution in [1.29, 1.82) is 0 Å². The number of rotatable bonds is 5. The maximum absolute atomic E-state index is 12.2. The quantitative estimate of drug-likeness (QED) is 0.710. The Bertz CT molecular complexity index is 928. The van der Waals surface area contributed by atoms with E-state index in [4.69, 9.17) is 10.7 Å². The van der Waals surface area contributed by atoms with Crippen molar-refractivity contribution < 1.29 is 4.79 Å². The van der Waals surface area contributed by atoms with Gasteiger partial charge in [-0.2, -0.15) is 0 Å². The molecule has 0 spiro atoms. The van der Waals surface area contributed by atoms with Crippen LogP contribution in [0.3, 0.4) is 0 Å². The van der Waals surface area contributed by atoms with Gasteiger partial charge in [-0.05, 0) is 28.5 Å². The highest BCUT2D eigenvalue weighted by atomic mass is 32.1. The lowest BCUT2D eigenvalue weighted by atomic mass is 9.97. The highest BCUT2D eigenvalue weighted by Crippen LogP contribution is 2.37. The van der Waals surface area contributed by atoms with Crippen LogP contribution in [0, 0.1) is 0 Å². The van der Waals surface area contributed by atoms with E-state index in [1.54, 1.807) is 6.21 Å². The van der Waals surface area contributed by atoms with Crippen LogP contribution in [0.15, 0.2) is 69.5 Å². The van der Waals surface area contributed by atoms with E-state index >= 15 is 0 Å². The predicted molar refractivity (Wildman–Crippen MR) is 103 cm³/mol. The summed E-state index contributed by atoms with van der Waals surface area (Å²) in [7, 11) is 0. The number of aromatic nitrogens is 2. The molecule has 1 aliphatic heterocycles. The van der Waals surface area contributed by atoms with Gasteiger partial charge in [0.25, 0.3) is 5.91 Å². The SMILES string of the molecule is NC(=O)C1=C(Cc2ccccc2)C=NC(c2csnn2)(c2cccs2)N1. The van der Waals surface area contributed by atoms with Gasteiger partial charge in [-0.1, -0.05) is 40.9 Å². The van der Waals surface area contributed by atoms with Crippen molar-refractivity contribution in [1.82, 2.24) is 14.9 Å². The standard InChI is InChI=1S/C18H15N5OS2/c19-17(24)16-13(9-12-5-2-1-3-6-12)10-20-18(21-16,14-11-26-23-22-14)15-7-4-8-25-15/h1-8,10-11,21H,9H2,(H2,19,24). The van der Waals surface area contributed by atoms with Crippen molar-refractivity contribution in [2.45, 2.75) is 12.1 Å². The Kier molecular flexibility index (Phi) is 4.36. The summed E-state index contributed by atoms with van der Waals surface area (Å²) in [6, 6.07) is 13.8. The normalized spacial score (nSPS) is 19.4. The van der Waals surface area contributed by atoms with Crippen molar-refractivity contribution in [2.24, 2.45) is 10.7 Å². The maximum Gasteiger partial charge on any atom is 0.265 e. The van der Waals surface area contributed by atoms with Gasteiger partial charge < -0.3 is 11.1 Å². The van der Waals surface area contributed by atoms with Gasteiger partial charge in [-0.15, -0.1) is 16.4 Å². The molecule has 0 saturated heterocycles. The van der Waals surface area contributed by atoms with Crippen LogP contribution in [-0.2, 0) is 16.9 Å². The van der Waals surface area contributed by atoms with Crippen LogP contribution in [0.2, 0.25) is 0 Å². The number of carbonyl (C=O) groups excluding carboxylic acids is 1. The minimum atomic E-state index is -0.980. The molecular formula is C18H15N5OS2. The number of benzene rings is 1. The number of allylic oxidation sites excluding steroid dienone is 1. The van der Waals surface area contributed by atoms with E-state index in [-0.39, 0.29) is 0 Å². The second-order valence-corrected chi connectivity index (χ2v) is 7.35. The molecule has 8 heteroatoms. The van der Waals surface area contributed by atoms with Crippen molar-refractivity contribution in [2.75, 3.05) is 0 Å². The van der Waals surface area contributed by atoms with Gasteiger partial charge >= 0.3 is 0 Å². The topological polar surface area (TPSA) is 93.3 Å². The summed E-state index contributed by atoms with van der Waals surface area (Å²) in [5.74, 6) is -0.522. The van der Waals surface area contributed by atoms with Crippen LogP contribution in [0.4, 0.5) is 0 Å². The monoisotopic (exact) mass is 381 g/mol. The Hall–Kier alpha value is -2.84. The zero-order chi connectivity index (χ0) is 18.0. The number of nitrogens with one attached hydrogen (secondary N) is 1. The molecule has 26 heavy (non-hydrogen) atoms. The van der Waals surface area contributed by atoms with E-state index < -0.39 is 11.6 Å². The minimum absolute atomic E-state index is 0.352. The fourth-order valence-electron chi connectivity index (χ4n) is 2.89. The highest BCUT2D eigenvalue weighted by Gasteiger charge is 2.41. The average molecular weight is 381 g/mol. The van der Waals surface area contributed by atoms with Gasteiger partial charge in [-0.25, -0.2) is 0 Å². The van der Waals surface area contributed by atoms with Crippen LogP contribution in [0.1, 0.15) is 16.1 Å². The van der Waals surface area contributed by atoms with E-state index in [1.165, 1.54) is 22.9 Å². The molecule has 0 bridgehead atoms. The first kappa shape index (κ1) is 16.6. The lowest BCUT2D eigenvalue weighted by Gasteiger charge is -2.33. The van der Waals surface area contributed by atoms with Crippen LogP contribution >= 0.6 is 22.9 Å². The fraction of sp³-hybridized carbons (Fsp3) is 0.111. The molecule has 6 nitrogen and oxygen atoms in total. The van der Waals surface area contributed by atoms with Crippen molar-refractivity contribution in [3.05, 3.63) is 80.6 Å². The number of nitrogens with two attached hydrogens (primary N) is 1. The number of amides is 1. The molecule has 2 aromatic heterocycles. The van der Waals surface area contributed by atoms with Gasteiger partial charge in [0.1, 0.15) is 11.4 Å². The third-order valence-corrected chi connectivity index (χ3v) is 5.62. The highest BCUT2D eigenvalue weighted by molar-refractivity contribution is 7.10. The number of thiophene rings is 1. The summed E-state index contributed by atoms with van der Waals surface area (Å²) in [5.41, 5.74) is 7.52. The minimum Gasteiger partial charge on any atom is -0.364 e. The molecule has 0 saturated carbocycles. The van der Waals surface area contributed by atoms with E-state index in [0.717, 1.165) is 16.0 Å². The molecule has 130 valence electrons. The van der Waals surface area contributed by atoms with Gasteiger partial charge in [0.05, 0.1) is 4.88 Å². The largest absolute Gasteiger partial charge is 0.364 e. The third-order valence-electron chi connectivity index (χ3n) is 4.13. The lowest BCUT2D eigenvalue weighted by molar-refractivity contribution is -0.115. The van der Waals surface area contributed by atoms with Crippen LogP contribution in [-0.4, -0.2) is 21.7 Å². The van der Waals surface area contributed by atoms with E-state index in [0.29, 0.717) is 17.8 Å². The van der Waals surface area contributed by atoms with Gasteiger partial charge in [0, 0.05) is 23.6 Å². The smallest absolute Gasteiger partial charge is 0.265 e. The van der Waals surface area contributed by atoms with Crippen LogP contribution in [0.25, 0.3) is 0 Å². The van der Waals surface area contributed by atoms with E-state index in [1.807, 2.05) is 53.2 Å². The van der Waals surface area contributed by atoms with Gasteiger partial charge in [-0.3, -0.25) is 9.79 Å². The first-order valence-electron chi connectivity index (χ1n) is 7.91. The van der Waals surface area contributed by atoms with Crippen molar-refractivity contribution >= 4 is 35.0 Å². The number of carbonyl (C=O) groups is 1. The Morgan fingerprint density at radius 1 is 1.19 bits per heavy atom. The average Bonchev–Trinajstić information content (AvgIpc) is 3.37. The predicted octanol–water partition coefficient (Wildman–Crippen LogP) is 2.46. The van der Waals surface area contributed by atoms with Crippen molar-refractivity contribution in [3.8, 4) is 0 Å². The number of primary amides is 1. The summed E-state index contributed by atoms with van der Waals surface area (Å²) in [4.78, 5) is 17.9. The summed E-state index contributed by atoms with van der Waals surface area (Å²) < 4.78 is 3.96. The molecule has 1 amide bonds. The molecule has 0 fully saturated rings. The number of hydrogen-bond acceptors (Lipinski definition) is 7. The number of hydrogen-bond donors (Lipinski definition) is 2. The Balaban J connectivity index is 1.78. The molecule has 1 aromatic carbocycles. The molecular weight excluding hydrogens is 366 g/mol. The third kappa shape index (κ3) is 2.93. The molecule has 1 atom stereocenters. The van der Waals surface area contributed by atoms with E-state index in [9.17, 15) is 4.79 Å². The summed E-state index contributed by atoms with van der Waals surface area (Å²) in [6.07, 6.45) is 2.29.